The number of rotatable bonds is 3. The van der Waals surface area contributed by atoms with Gasteiger partial charge in [-0.1, -0.05) is 12.2 Å². The molecule has 1 amide bonds. The largest absolute Gasteiger partial charge is 0.271 e. The summed E-state index contributed by atoms with van der Waals surface area (Å²) in [6, 6.07) is 1.96. The van der Waals surface area contributed by atoms with Gasteiger partial charge in [0.15, 0.2) is 0 Å². The first-order valence-electron chi connectivity index (χ1n) is 6.66. The molecule has 0 bridgehead atoms. The Kier molecular flexibility index (Phi) is 2.97. The van der Waals surface area contributed by atoms with Gasteiger partial charge in [-0.2, -0.15) is 10.2 Å². The van der Waals surface area contributed by atoms with E-state index in [4.69, 9.17) is 0 Å². The van der Waals surface area contributed by atoms with Crippen LogP contribution in [-0.2, 0) is 11.3 Å². The van der Waals surface area contributed by atoms with Crippen LogP contribution in [0.4, 0.5) is 0 Å². The van der Waals surface area contributed by atoms with E-state index < -0.39 is 0 Å². The molecule has 2 aliphatic carbocycles. The molecule has 1 N–H and O–H groups in total. The molecular weight excluding hydrogens is 240 g/mol. The zero-order chi connectivity index (χ0) is 13.4. The Labute approximate surface area is 112 Å². The van der Waals surface area contributed by atoms with E-state index in [1.54, 1.807) is 4.68 Å². The second-order valence-corrected chi connectivity index (χ2v) is 5.36. The SMILES string of the molecule is Cc1cc(C)n(CC(=O)N/N=C2\C[C@@H]3C=CC[C@@H]23)n1. The number of carbonyl (C=O) groups excluding carboxylic acids is 1. The van der Waals surface area contributed by atoms with Crippen LogP contribution >= 0.6 is 0 Å². The molecule has 1 heterocycles. The minimum atomic E-state index is -0.117. The van der Waals surface area contributed by atoms with E-state index in [0.29, 0.717) is 11.8 Å². The predicted octanol–water partition coefficient (Wildman–Crippen LogP) is 1.57. The zero-order valence-electron chi connectivity index (χ0n) is 11.3. The van der Waals surface area contributed by atoms with Crippen molar-refractivity contribution in [2.24, 2.45) is 16.9 Å². The standard InChI is InChI=1S/C14H18N4O/c1-9-6-10(2)18(17-9)8-14(19)16-15-13-7-11-4-3-5-12(11)13/h3-4,6,11-12H,5,7-8H2,1-2H3,(H,16,19)/b15-13+/t11-,12+/m0/s1. The van der Waals surface area contributed by atoms with Gasteiger partial charge in [0.2, 0.25) is 0 Å². The minimum Gasteiger partial charge on any atom is -0.271 e. The lowest BCUT2D eigenvalue weighted by Gasteiger charge is -2.31. The van der Waals surface area contributed by atoms with Gasteiger partial charge >= 0.3 is 0 Å². The molecule has 0 saturated heterocycles. The van der Waals surface area contributed by atoms with E-state index in [0.717, 1.165) is 29.9 Å². The van der Waals surface area contributed by atoms with Gasteiger partial charge in [0, 0.05) is 17.3 Å². The van der Waals surface area contributed by atoms with Gasteiger partial charge in [-0.05, 0) is 38.7 Å². The highest BCUT2D eigenvalue weighted by molar-refractivity contribution is 5.94. The molecule has 1 aromatic rings. The number of nitrogens with zero attached hydrogens (tertiary/aromatic N) is 3. The van der Waals surface area contributed by atoms with Crippen molar-refractivity contribution in [3.05, 3.63) is 29.6 Å². The molecule has 3 rings (SSSR count). The van der Waals surface area contributed by atoms with Crippen molar-refractivity contribution < 1.29 is 4.79 Å². The molecule has 0 radical (unpaired) electrons. The number of hydrogen-bond donors (Lipinski definition) is 1. The lowest BCUT2D eigenvalue weighted by molar-refractivity contribution is -0.121. The van der Waals surface area contributed by atoms with Gasteiger partial charge in [0.1, 0.15) is 6.54 Å². The van der Waals surface area contributed by atoms with E-state index in [9.17, 15) is 4.79 Å². The molecule has 5 nitrogen and oxygen atoms in total. The molecule has 2 atom stereocenters. The quantitative estimate of drug-likeness (QED) is 0.661. The number of allylic oxidation sites excluding steroid dienone is 2. The van der Waals surface area contributed by atoms with Crippen LogP contribution in [0, 0.1) is 25.7 Å². The van der Waals surface area contributed by atoms with Crippen molar-refractivity contribution in [2.75, 3.05) is 0 Å². The normalized spacial score (nSPS) is 26.3. The Morgan fingerprint density at radius 2 is 2.42 bits per heavy atom. The number of aromatic nitrogens is 2. The third kappa shape index (κ3) is 2.32. The van der Waals surface area contributed by atoms with Crippen LogP contribution in [0.2, 0.25) is 0 Å². The number of hydrazone groups is 1. The average Bonchev–Trinajstić information content (AvgIpc) is 2.83. The molecule has 19 heavy (non-hydrogen) atoms. The summed E-state index contributed by atoms with van der Waals surface area (Å²) in [4.78, 5) is 11.8. The first kappa shape index (κ1) is 12.1. The van der Waals surface area contributed by atoms with E-state index in [1.165, 1.54) is 0 Å². The highest BCUT2D eigenvalue weighted by atomic mass is 16.2. The maximum Gasteiger partial charge on any atom is 0.261 e. The summed E-state index contributed by atoms with van der Waals surface area (Å²) in [6.45, 7) is 4.09. The number of nitrogens with one attached hydrogen (secondary N) is 1. The number of hydrogen-bond acceptors (Lipinski definition) is 3. The topological polar surface area (TPSA) is 59.3 Å². The smallest absolute Gasteiger partial charge is 0.261 e. The molecule has 1 aromatic heterocycles. The van der Waals surface area contributed by atoms with Gasteiger partial charge < -0.3 is 0 Å². The molecule has 2 aliphatic rings. The van der Waals surface area contributed by atoms with Gasteiger partial charge in [-0.3, -0.25) is 9.48 Å². The second kappa shape index (κ2) is 4.64. The summed E-state index contributed by atoms with van der Waals surface area (Å²) < 4.78 is 1.70. The molecule has 0 spiro atoms. The summed E-state index contributed by atoms with van der Waals surface area (Å²) in [6.07, 6.45) is 6.51. The van der Waals surface area contributed by atoms with Gasteiger partial charge in [-0.15, -0.1) is 0 Å². The lowest BCUT2D eigenvalue weighted by atomic mass is 9.74. The molecule has 0 aromatic carbocycles. The number of aryl methyl sites for hydroxylation is 2. The third-order valence-corrected chi connectivity index (χ3v) is 3.88. The fourth-order valence-corrected chi connectivity index (χ4v) is 2.80. The molecule has 1 fully saturated rings. The van der Waals surface area contributed by atoms with Gasteiger partial charge in [-0.25, -0.2) is 5.43 Å². The third-order valence-electron chi connectivity index (χ3n) is 3.88. The van der Waals surface area contributed by atoms with Crippen LogP contribution in [0.5, 0.6) is 0 Å². The zero-order valence-corrected chi connectivity index (χ0v) is 11.3. The van der Waals surface area contributed by atoms with Crippen molar-refractivity contribution >= 4 is 11.6 Å². The van der Waals surface area contributed by atoms with Crippen molar-refractivity contribution in [3.63, 3.8) is 0 Å². The van der Waals surface area contributed by atoms with Crippen LogP contribution in [0.3, 0.4) is 0 Å². The maximum atomic E-state index is 11.8. The van der Waals surface area contributed by atoms with Crippen LogP contribution < -0.4 is 5.43 Å². The highest BCUT2D eigenvalue weighted by Gasteiger charge is 2.37. The van der Waals surface area contributed by atoms with E-state index >= 15 is 0 Å². The maximum absolute atomic E-state index is 11.8. The summed E-state index contributed by atoms with van der Waals surface area (Å²) in [5, 5.41) is 8.50. The van der Waals surface area contributed by atoms with Crippen molar-refractivity contribution in [1.29, 1.82) is 0 Å². The van der Waals surface area contributed by atoms with Crippen LogP contribution in [0.25, 0.3) is 0 Å². The lowest BCUT2D eigenvalue weighted by Crippen LogP contribution is -2.36. The monoisotopic (exact) mass is 258 g/mol. The Hall–Kier alpha value is -1.91. The molecule has 0 aliphatic heterocycles. The molecule has 5 heteroatoms. The molecular formula is C14H18N4O. The fraction of sp³-hybridized carbons (Fsp3) is 0.500. The average molecular weight is 258 g/mol. The van der Waals surface area contributed by atoms with Crippen LogP contribution in [0.1, 0.15) is 24.2 Å². The Bertz CT molecular complexity index is 570. The van der Waals surface area contributed by atoms with Crippen LogP contribution in [-0.4, -0.2) is 21.4 Å². The van der Waals surface area contributed by atoms with Gasteiger partial charge in [0.05, 0.1) is 5.69 Å². The highest BCUT2D eigenvalue weighted by Crippen LogP contribution is 2.39. The number of carbonyl (C=O) groups is 1. The predicted molar refractivity (Wildman–Crippen MR) is 72.6 cm³/mol. The van der Waals surface area contributed by atoms with E-state index in [1.807, 2.05) is 19.9 Å². The number of amides is 1. The molecule has 1 saturated carbocycles. The van der Waals surface area contributed by atoms with Crippen molar-refractivity contribution in [3.8, 4) is 0 Å². The first-order chi connectivity index (χ1) is 9.13. The van der Waals surface area contributed by atoms with Crippen molar-refractivity contribution in [1.82, 2.24) is 15.2 Å². The summed E-state index contributed by atoms with van der Waals surface area (Å²) in [5.41, 5.74) is 5.68. The summed E-state index contributed by atoms with van der Waals surface area (Å²) in [7, 11) is 0. The summed E-state index contributed by atoms with van der Waals surface area (Å²) >= 11 is 0. The molecule has 100 valence electrons. The summed E-state index contributed by atoms with van der Waals surface area (Å²) in [5.74, 6) is 1.08. The minimum absolute atomic E-state index is 0.117. The Balaban J connectivity index is 1.55. The van der Waals surface area contributed by atoms with Crippen LogP contribution in [0.15, 0.2) is 23.3 Å². The molecule has 0 unspecified atom stereocenters. The Morgan fingerprint density at radius 3 is 3.11 bits per heavy atom. The Morgan fingerprint density at radius 1 is 1.58 bits per heavy atom. The van der Waals surface area contributed by atoms with Gasteiger partial charge in [0.25, 0.3) is 5.91 Å². The fourth-order valence-electron chi connectivity index (χ4n) is 2.80. The first-order valence-corrected chi connectivity index (χ1v) is 6.66. The van der Waals surface area contributed by atoms with E-state index in [2.05, 4.69) is 27.8 Å². The number of fused-ring (bicyclic) bond motifs is 1. The van der Waals surface area contributed by atoms with Crippen molar-refractivity contribution in [2.45, 2.75) is 33.2 Å². The van der Waals surface area contributed by atoms with E-state index in [-0.39, 0.29) is 12.5 Å². The second-order valence-electron chi connectivity index (χ2n) is 5.36.